The molecule has 2 unspecified atom stereocenters. The average Bonchev–Trinajstić information content (AvgIpc) is 3.25. The van der Waals surface area contributed by atoms with E-state index in [4.69, 9.17) is 19.3 Å². The summed E-state index contributed by atoms with van der Waals surface area (Å²) >= 11 is 3.62. The van der Waals surface area contributed by atoms with E-state index in [2.05, 4.69) is 51.3 Å². The third-order valence-electron chi connectivity index (χ3n) is 5.85. The molecular formula is C28H29BrN2O3. The molecule has 0 amide bonds. The van der Waals surface area contributed by atoms with Crippen molar-refractivity contribution in [3.63, 3.8) is 0 Å². The van der Waals surface area contributed by atoms with E-state index in [1.807, 2.05) is 64.1 Å². The summed E-state index contributed by atoms with van der Waals surface area (Å²) in [5, 5.41) is 7.16. The van der Waals surface area contributed by atoms with Crippen LogP contribution in [0, 0.1) is 0 Å². The van der Waals surface area contributed by atoms with Gasteiger partial charge in [-0.05, 0) is 100.0 Å². The number of ether oxygens (including phenoxy) is 3. The van der Waals surface area contributed by atoms with Crippen LogP contribution in [0.2, 0.25) is 0 Å². The number of rotatable bonds is 6. The molecule has 3 aromatic rings. The molecule has 5 nitrogen and oxygen atoms in total. The zero-order valence-corrected chi connectivity index (χ0v) is 21.5. The van der Waals surface area contributed by atoms with Crippen molar-refractivity contribution in [2.24, 2.45) is 5.10 Å². The molecule has 6 heteroatoms. The average molecular weight is 521 g/mol. The maximum atomic E-state index is 6.49. The Morgan fingerprint density at radius 3 is 2.12 bits per heavy atom. The van der Waals surface area contributed by atoms with Gasteiger partial charge in [0.25, 0.3) is 0 Å². The van der Waals surface area contributed by atoms with E-state index in [0.29, 0.717) is 0 Å². The van der Waals surface area contributed by atoms with Crippen LogP contribution >= 0.6 is 15.9 Å². The zero-order valence-electron chi connectivity index (χ0n) is 19.9. The van der Waals surface area contributed by atoms with Crippen molar-refractivity contribution in [1.82, 2.24) is 5.01 Å². The van der Waals surface area contributed by atoms with Crippen molar-refractivity contribution < 1.29 is 14.2 Å². The fourth-order valence-corrected chi connectivity index (χ4v) is 4.81. The summed E-state index contributed by atoms with van der Waals surface area (Å²) in [6, 6.07) is 22.6. The highest BCUT2D eigenvalue weighted by Crippen LogP contribution is 2.48. The molecule has 34 heavy (non-hydrogen) atoms. The van der Waals surface area contributed by atoms with Gasteiger partial charge in [-0.1, -0.05) is 15.9 Å². The Labute approximate surface area is 209 Å². The van der Waals surface area contributed by atoms with Crippen molar-refractivity contribution in [3.8, 4) is 17.2 Å². The highest BCUT2D eigenvalue weighted by Gasteiger charge is 2.41. The van der Waals surface area contributed by atoms with Crippen LogP contribution in [0.5, 0.6) is 17.2 Å². The fraction of sp³-hybridized carbons (Fsp3) is 0.321. The minimum atomic E-state index is -0.312. The Kier molecular flexibility index (Phi) is 6.26. The summed E-state index contributed by atoms with van der Waals surface area (Å²) in [5.74, 6) is 2.62. The largest absolute Gasteiger partial charge is 0.491 e. The van der Waals surface area contributed by atoms with Gasteiger partial charge in [0.1, 0.15) is 17.2 Å². The predicted molar refractivity (Wildman–Crippen MR) is 138 cm³/mol. The third kappa shape index (κ3) is 4.64. The van der Waals surface area contributed by atoms with Crippen LogP contribution in [0.1, 0.15) is 63.1 Å². The second kappa shape index (κ2) is 9.34. The Balaban J connectivity index is 1.48. The van der Waals surface area contributed by atoms with Crippen molar-refractivity contribution in [3.05, 3.63) is 87.9 Å². The van der Waals surface area contributed by atoms with Gasteiger partial charge in [-0.25, -0.2) is 5.01 Å². The number of hydrogen-bond donors (Lipinski definition) is 0. The van der Waals surface area contributed by atoms with E-state index in [0.717, 1.165) is 50.5 Å². The molecule has 176 valence electrons. The van der Waals surface area contributed by atoms with Crippen LogP contribution in [0.3, 0.4) is 0 Å². The van der Waals surface area contributed by atoms with E-state index in [-0.39, 0.29) is 24.5 Å². The third-order valence-corrected chi connectivity index (χ3v) is 6.34. The molecule has 2 aliphatic heterocycles. The molecule has 0 N–H and O–H groups in total. The van der Waals surface area contributed by atoms with E-state index in [9.17, 15) is 0 Å². The number of hydrogen-bond acceptors (Lipinski definition) is 5. The zero-order chi connectivity index (χ0) is 23.8. The Morgan fingerprint density at radius 1 is 0.882 bits per heavy atom. The molecule has 2 atom stereocenters. The van der Waals surface area contributed by atoms with Gasteiger partial charge < -0.3 is 14.2 Å². The van der Waals surface area contributed by atoms with Gasteiger partial charge in [0.05, 0.1) is 24.0 Å². The van der Waals surface area contributed by atoms with Gasteiger partial charge >= 0.3 is 0 Å². The van der Waals surface area contributed by atoms with Gasteiger partial charge in [-0.15, -0.1) is 0 Å². The van der Waals surface area contributed by atoms with Crippen LogP contribution < -0.4 is 14.2 Å². The quantitative estimate of drug-likeness (QED) is 0.342. The van der Waals surface area contributed by atoms with E-state index >= 15 is 0 Å². The molecule has 2 aliphatic rings. The summed E-state index contributed by atoms with van der Waals surface area (Å²) in [5.41, 5.74) is 4.33. The van der Waals surface area contributed by atoms with Gasteiger partial charge in [0, 0.05) is 22.0 Å². The maximum Gasteiger partial charge on any atom is 0.213 e. The molecule has 0 fully saturated rings. The number of nitrogens with zero attached hydrogens (tertiary/aromatic N) is 2. The molecule has 2 heterocycles. The lowest BCUT2D eigenvalue weighted by Gasteiger charge is -2.38. The SMILES string of the molecule is CC(C)Oc1ccc(C2=NN3C(C2)c2cc(Br)ccc2OC3c2ccc(OC(C)C)cc2)cc1. The van der Waals surface area contributed by atoms with Crippen molar-refractivity contribution in [1.29, 1.82) is 0 Å². The Bertz CT molecular complexity index is 1190. The standard InChI is InChI=1S/C28H29BrN2O3/c1-17(2)32-22-10-5-19(6-11-22)25-16-26-24-15-21(29)9-14-27(24)34-28(31(26)30-25)20-7-12-23(13-8-20)33-18(3)4/h5-15,17-18,26,28H,16H2,1-4H3. The van der Waals surface area contributed by atoms with Crippen molar-refractivity contribution in [2.45, 2.75) is 58.6 Å². The first-order valence-corrected chi connectivity index (χ1v) is 12.5. The predicted octanol–water partition coefficient (Wildman–Crippen LogP) is 7.27. The fourth-order valence-electron chi connectivity index (χ4n) is 4.43. The molecular weight excluding hydrogens is 492 g/mol. The minimum Gasteiger partial charge on any atom is -0.491 e. The minimum absolute atomic E-state index is 0.0967. The van der Waals surface area contributed by atoms with Crippen LogP contribution in [0.15, 0.2) is 76.3 Å². The molecule has 0 bridgehead atoms. The molecule has 0 spiro atoms. The molecule has 0 saturated heterocycles. The lowest BCUT2D eigenvalue weighted by molar-refractivity contribution is -0.0191. The molecule has 0 aromatic heterocycles. The van der Waals surface area contributed by atoms with Crippen LogP contribution in [-0.4, -0.2) is 22.9 Å². The van der Waals surface area contributed by atoms with Crippen LogP contribution in [-0.2, 0) is 0 Å². The van der Waals surface area contributed by atoms with E-state index in [1.54, 1.807) is 0 Å². The van der Waals surface area contributed by atoms with E-state index in [1.165, 1.54) is 0 Å². The second-order valence-corrected chi connectivity index (χ2v) is 10.1. The topological polar surface area (TPSA) is 43.3 Å². The van der Waals surface area contributed by atoms with E-state index < -0.39 is 0 Å². The summed E-state index contributed by atoms with van der Waals surface area (Å²) in [4.78, 5) is 0. The van der Waals surface area contributed by atoms with Crippen molar-refractivity contribution in [2.75, 3.05) is 0 Å². The van der Waals surface area contributed by atoms with Gasteiger partial charge in [-0.2, -0.15) is 5.10 Å². The first kappa shape index (κ1) is 22.8. The summed E-state index contributed by atoms with van der Waals surface area (Å²) in [6.07, 6.45) is 0.776. The number of halogens is 1. The van der Waals surface area contributed by atoms with Gasteiger partial charge in [0.2, 0.25) is 6.23 Å². The summed E-state index contributed by atoms with van der Waals surface area (Å²) in [7, 11) is 0. The monoisotopic (exact) mass is 520 g/mol. The number of hydrazone groups is 1. The molecule has 0 radical (unpaired) electrons. The molecule has 0 aliphatic carbocycles. The van der Waals surface area contributed by atoms with Crippen molar-refractivity contribution >= 4 is 21.6 Å². The van der Waals surface area contributed by atoms with Gasteiger partial charge in [-0.3, -0.25) is 0 Å². The molecule has 5 rings (SSSR count). The van der Waals surface area contributed by atoms with Gasteiger partial charge in [0.15, 0.2) is 0 Å². The normalized spacial score (nSPS) is 18.9. The van der Waals surface area contributed by atoms with Crippen LogP contribution in [0.4, 0.5) is 0 Å². The summed E-state index contributed by atoms with van der Waals surface area (Å²) in [6.45, 7) is 8.12. The smallest absolute Gasteiger partial charge is 0.213 e. The lowest BCUT2D eigenvalue weighted by Crippen LogP contribution is -2.33. The lowest BCUT2D eigenvalue weighted by atomic mass is 9.96. The first-order chi connectivity index (χ1) is 16.4. The highest BCUT2D eigenvalue weighted by molar-refractivity contribution is 9.10. The molecule has 0 saturated carbocycles. The Morgan fingerprint density at radius 2 is 1.50 bits per heavy atom. The second-order valence-electron chi connectivity index (χ2n) is 9.23. The first-order valence-electron chi connectivity index (χ1n) is 11.7. The highest BCUT2D eigenvalue weighted by atomic mass is 79.9. The maximum absolute atomic E-state index is 6.49. The number of fused-ring (bicyclic) bond motifs is 3. The van der Waals surface area contributed by atoms with Crippen LogP contribution in [0.25, 0.3) is 0 Å². The molecule has 3 aromatic carbocycles. The summed E-state index contributed by atoms with van der Waals surface area (Å²) < 4.78 is 19.2. The number of benzene rings is 3. The Hall–Kier alpha value is -2.99.